The van der Waals surface area contributed by atoms with E-state index in [0.29, 0.717) is 16.3 Å². The number of halogens is 1. The number of nitriles is 2. The highest BCUT2D eigenvalue weighted by atomic mass is 35.5. The Balaban J connectivity index is 2.39. The lowest BCUT2D eigenvalue weighted by Crippen LogP contribution is -2.21. The quantitative estimate of drug-likeness (QED) is 0.465. The van der Waals surface area contributed by atoms with E-state index in [1.165, 1.54) is 6.92 Å². The van der Waals surface area contributed by atoms with Crippen molar-refractivity contribution in [2.75, 3.05) is 23.3 Å². The first kappa shape index (κ1) is 22.0. The highest BCUT2D eigenvalue weighted by Gasteiger charge is 2.14. The molecule has 0 spiro atoms. The number of benzene rings is 1. The number of anilines is 2. The average Bonchev–Trinajstić information content (AvgIpc) is 3.06. The lowest BCUT2D eigenvalue weighted by atomic mass is 10.2. The van der Waals surface area contributed by atoms with E-state index in [2.05, 4.69) is 39.3 Å². The average molecular weight is 428 g/mol. The molecular formula is C19H18ClN7OS. The third-order valence-electron chi connectivity index (χ3n) is 3.81. The molecule has 0 radical (unpaired) electrons. The normalized spacial score (nSPS) is 11.2. The Labute approximate surface area is 177 Å². The van der Waals surface area contributed by atoms with Crippen molar-refractivity contribution in [3.63, 3.8) is 0 Å². The first-order chi connectivity index (χ1) is 13.9. The minimum absolute atomic E-state index is 0.0750. The molecule has 10 heteroatoms. The van der Waals surface area contributed by atoms with Crippen molar-refractivity contribution >= 4 is 56.6 Å². The maximum Gasteiger partial charge on any atom is 0.232 e. The van der Waals surface area contributed by atoms with Crippen LogP contribution in [-0.4, -0.2) is 24.0 Å². The molecule has 0 saturated heterocycles. The van der Waals surface area contributed by atoms with Gasteiger partial charge in [-0.05, 0) is 32.0 Å². The van der Waals surface area contributed by atoms with Gasteiger partial charge < -0.3 is 10.2 Å². The maximum absolute atomic E-state index is 11.6. The van der Waals surface area contributed by atoms with Gasteiger partial charge in [0.15, 0.2) is 5.15 Å². The number of nitrogens with zero attached hydrogens (tertiary/aromatic N) is 6. The second kappa shape index (κ2) is 10.3. The summed E-state index contributed by atoms with van der Waals surface area (Å²) in [5.74, 6) is -0.224. The lowest BCUT2D eigenvalue weighted by molar-refractivity contribution is -0.114. The van der Waals surface area contributed by atoms with Gasteiger partial charge in [0.2, 0.25) is 11.0 Å². The third kappa shape index (κ3) is 5.61. The molecule has 8 nitrogen and oxygen atoms in total. The monoisotopic (exact) mass is 427 g/mol. The van der Waals surface area contributed by atoms with E-state index >= 15 is 0 Å². The van der Waals surface area contributed by atoms with E-state index in [1.807, 2.05) is 18.2 Å². The molecule has 0 aliphatic carbocycles. The second-order valence-electron chi connectivity index (χ2n) is 5.67. The number of rotatable bonds is 7. The van der Waals surface area contributed by atoms with Gasteiger partial charge in [-0.1, -0.05) is 22.9 Å². The Morgan fingerprint density at radius 2 is 2.07 bits per heavy atom. The molecule has 0 saturated carbocycles. The van der Waals surface area contributed by atoms with E-state index in [4.69, 9.17) is 22.1 Å². The lowest BCUT2D eigenvalue weighted by Gasteiger charge is -2.22. The van der Waals surface area contributed by atoms with Crippen LogP contribution in [0.1, 0.15) is 25.6 Å². The standard InChI is InChI=1S/C19H18ClN7OS/c1-4-27(5-2)14-6-7-15(16(10-14)23-12(3)28)25-26-19-24-18(20)17(29-19)13(11-22)8-9-21/h6-8,10H,4-5H2,1-3H3,(H,23,28)/b13-8+,26-25?. The molecule has 1 amide bonds. The van der Waals surface area contributed by atoms with Gasteiger partial charge in [0, 0.05) is 31.8 Å². The topological polar surface area (TPSA) is 118 Å². The Morgan fingerprint density at radius 1 is 1.34 bits per heavy atom. The first-order valence-electron chi connectivity index (χ1n) is 8.68. The number of carbonyl (C=O) groups excluding carboxylic acids is 1. The molecule has 1 heterocycles. The van der Waals surface area contributed by atoms with Crippen LogP contribution in [0.2, 0.25) is 5.15 Å². The smallest absolute Gasteiger partial charge is 0.232 e. The Morgan fingerprint density at radius 3 is 2.66 bits per heavy atom. The Bertz CT molecular complexity index is 1040. The number of hydrogen-bond acceptors (Lipinski definition) is 8. The van der Waals surface area contributed by atoms with E-state index in [-0.39, 0.29) is 21.8 Å². The molecule has 29 heavy (non-hydrogen) atoms. The highest BCUT2D eigenvalue weighted by Crippen LogP contribution is 2.36. The van der Waals surface area contributed by atoms with Crippen LogP contribution in [-0.2, 0) is 4.79 Å². The SMILES string of the molecule is CCN(CC)c1ccc(N=Nc2nc(Cl)c(/C(C#N)=C/C#N)s2)c(NC(C)=O)c1. The molecule has 1 aromatic carbocycles. The summed E-state index contributed by atoms with van der Waals surface area (Å²) in [6, 6.07) is 9.20. The molecule has 0 fully saturated rings. The molecule has 0 atom stereocenters. The summed E-state index contributed by atoms with van der Waals surface area (Å²) in [5, 5.41) is 29.2. The number of aromatic nitrogens is 1. The van der Waals surface area contributed by atoms with E-state index < -0.39 is 0 Å². The van der Waals surface area contributed by atoms with Crippen LogP contribution in [0.4, 0.5) is 22.2 Å². The molecular weight excluding hydrogens is 410 g/mol. The zero-order valence-corrected chi connectivity index (χ0v) is 17.7. The van der Waals surface area contributed by atoms with E-state index in [9.17, 15) is 4.79 Å². The van der Waals surface area contributed by atoms with Crippen molar-refractivity contribution in [1.82, 2.24) is 4.98 Å². The number of allylic oxidation sites excluding steroid dienone is 2. The van der Waals surface area contributed by atoms with E-state index in [1.54, 1.807) is 12.1 Å². The maximum atomic E-state index is 11.6. The van der Waals surface area contributed by atoms with Crippen molar-refractivity contribution in [1.29, 1.82) is 10.5 Å². The number of carbonyl (C=O) groups is 1. The van der Waals surface area contributed by atoms with Crippen LogP contribution in [0, 0.1) is 22.7 Å². The molecule has 2 aromatic rings. The van der Waals surface area contributed by atoms with Gasteiger partial charge in [-0.15, -0.1) is 10.2 Å². The van der Waals surface area contributed by atoms with Crippen LogP contribution >= 0.6 is 22.9 Å². The van der Waals surface area contributed by atoms with Gasteiger partial charge in [-0.2, -0.15) is 10.5 Å². The van der Waals surface area contributed by atoms with Crippen molar-refractivity contribution in [2.24, 2.45) is 10.2 Å². The van der Waals surface area contributed by atoms with Crippen molar-refractivity contribution in [2.45, 2.75) is 20.8 Å². The van der Waals surface area contributed by atoms with Crippen LogP contribution in [0.15, 0.2) is 34.5 Å². The minimum Gasteiger partial charge on any atom is -0.372 e. The predicted molar refractivity (Wildman–Crippen MR) is 115 cm³/mol. The summed E-state index contributed by atoms with van der Waals surface area (Å²) >= 11 is 7.10. The molecule has 1 aromatic heterocycles. The fourth-order valence-corrected chi connectivity index (χ4v) is 3.59. The third-order valence-corrected chi connectivity index (χ3v) is 5.17. The number of hydrogen-bond donors (Lipinski definition) is 1. The van der Waals surface area contributed by atoms with Crippen LogP contribution in [0.3, 0.4) is 0 Å². The highest BCUT2D eigenvalue weighted by molar-refractivity contribution is 7.17. The van der Waals surface area contributed by atoms with Gasteiger partial charge >= 0.3 is 0 Å². The fourth-order valence-electron chi connectivity index (χ4n) is 2.50. The van der Waals surface area contributed by atoms with Gasteiger partial charge in [-0.3, -0.25) is 4.79 Å². The van der Waals surface area contributed by atoms with Crippen molar-refractivity contribution in [3.8, 4) is 12.1 Å². The number of amides is 1. The number of thiazole rings is 1. The predicted octanol–water partition coefficient (Wildman–Crippen LogP) is 5.45. The van der Waals surface area contributed by atoms with Gasteiger partial charge in [0.1, 0.15) is 11.8 Å². The van der Waals surface area contributed by atoms with Gasteiger partial charge in [0.25, 0.3) is 0 Å². The second-order valence-corrected chi connectivity index (χ2v) is 7.01. The number of nitrogens with one attached hydrogen (secondary N) is 1. The summed E-state index contributed by atoms with van der Waals surface area (Å²) < 4.78 is 0. The molecule has 0 unspecified atom stereocenters. The summed E-state index contributed by atoms with van der Waals surface area (Å²) in [7, 11) is 0. The first-order valence-corrected chi connectivity index (χ1v) is 9.87. The molecule has 0 aliphatic heterocycles. The Kier molecular flexibility index (Phi) is 7.84. The summed E-state index contributed by atoms with van der Waals surface area (Å²) in [6.07, 6.45) is 1.10. The fraction of sp³-hybridized carbons (Fsp3) is 0.263. The summed E-state index contributed by atoms with van der Waals surface area (Å²) in [6.45, 7) is 7.18. The van der Waals surface area contributed by atoms with Gasteiger partial charge in [-0.25, -0.2) is 4.98 Å². The minimum atomic E-state index is -0.224. The zero-order chi connectivity index (χ0) is 21.4. The van der Waals surface area contributed by atoms with Crippen molar-refractivity contribution < 1.29 is 4.79 Å². The summed E-state index contributed by atoms with van der Waals surface area (Å²) in [4.78, 5) is 18.1. The van der Waals surface area contributed by atoms with Crippen molar-refractivity contribution in [3.05, 3.63) is 34.3 Å². The zero-order valence-electron chi connectivity index (χ0n) is 16.1. The van der Waals surface area contributed by atoms with Crippen LogP contribution in [0.5, 0.6) is 0 Å². The van der Waals surface area contributed by atoms with E-state index in [0.717, 1.165) is 36.2 Å². The largest absolute Gasteiger partial charge is 0.372 e. The molecule has 0 aliphatic rings. The molecule has 2 rings (SSSR count). The molecule has 1 N–H and O–H groups in total. The van der Waals surface area contributed by atoms with Gasteiger partial charge in [0.05, 0.1) is 22.2 Å². The summed E-state index contributed by atoms with van der Waals surface area (Å²) in [5.41, 5.74) is 2.05. The van der Waals surface area contributed by atoms with Crippen LogP contribution < -0.4 is 10.2 Å². The molecule has 0 bridgehead atoms. The number of azo groups is 1. The molecule has 148 valence electrons. The Hall–Kier alpha value is -3.27. The van der Waals surface area contributed by atoms with Crippen LogP contribution in [0.25, 0.3) is 5.57 Å².